The van der Waals surface area contributed by atoms with Gasteiger partial charge < -0.3 is 5.11 Å². The first-order valence-electron chi connectivity index (χ1n) is 5.96. The summed E-state index contributed by atoms with van der Waals surface area (Å²) in [6.45, 7) is 0.570. The Hall–Kier alpha value is -1.67. The molecular formula is C15H17NO. The second-order valence-electron chi connectivity index (χ2n) is 4.01. The Balaban J connectivity index is 2.25. The molecule has 0 bridgehead atoms. The molecule has 0 saturated heterocycles. The molecule has 2 nitrogen and oxygen atoms in total. The van der Waals surface area contributed by atoms with Gasteiger partial charge in [-0.15, -0.1) is 0 Å². The molecule has 2 heteroatoms. The van der Waals surface area contributed by atoms with Gasteiger partial charge in [-0.1, -0.05) is 54.6 Å². The quantitative estimate of drug-likeness (QED) is 0.788. The van der Waals surface area contributed by atoms with Gasteiger partial charge in [-0.3, -0.25) is 4.99 Å². The van der Waals surface area contributed by atoms with Crippen molar-refractivity contribution in [2.45, 2.75) is 6.42 Å². The zero-order valence-electron chi connectivity index (χ0n) is 9.79. The van der Waals surface area contributed by atoms with E-state index < -0.39 is 0 Å². The van der Waals surface area contributed by atoms with E-state index in [9.17, 15) is 0 Å². The van der Waals surface area contributed by atoms with Crippen LogP contribution >= 0.6 is 0 Å². The molecule has 2 rings (SSSR count). The predicted octanol–water partition coefficient (Wildman–Crippen LogP) is 2.60. The maximum Gasteiger partial charge on any atom is 0.0627 e. The summed E-state index contributed by atoms with van der Waals surface area (Å²) in [5.41, 5.74) is 2.21. The van der Waals surface area contributed by atoms with Crippen LogP contribution in [0, 0.1) is 5.92 Å². The average Bonchev–Trinajstić information content (AvgIpc) is 2.42. The van der Waals surface area contributed by atoms with Gasteiger partial charge in [0.15, 0.2) is 0 Å². The van der Waals surface area contributed by atoms with Crippen LogP contribution in [0.2, 0.25) is 0 Å². The number of aliphatic hydroxyl groups is 1. The molecular weight excluding hydrogens is 210 g/mol. The number of aliphatic hydroxyl groups excluding tert-OH is 1. The molecule has 1 aromatic rings. The summed E-state index contributed by atoms with van der Waals surface area (Å²) < 4.78 is 0. The molecule has 1 aliphatic carbocycles. The standard InChI is InChI=1S/C15H17NO/c17-12-11-16-15(13-7-3-1-4-8-13)14-9-5-2-6-10-14/h1-9,14,17H,10-12H2/b16-15-. The van der Waals surface area contributed by atoms with Crippen LogP contribution < -0.4 is 0 Å². The Kier molecular flexibility index (Phi) is 4.28. The van der Waals surface area contributed by atoms with Gasteiger partial charge >= 0.3 is 0 Å². The van der Waals surface area contributed by atoms with Gasteiger partial charge in [-0.05, 0) is 12.0 Å². The molecule has 17 heavy (non-hydrogen) atoms. The van der Waals surface area contributed by atoms with Crippen LogP contribution in [0.1, 0.15) is 12.0 Å². The number of benzene rings is 1. The van der Waals surface area contributed by atoms with Crippen molar-refractivity contribution in [1.82, 2.24) is 0 Å². The van der Waals surface area contributed by atoms with Crippen LogP contribution in [0.3, 0.4) is 0 Å². The molecule has 0 fully saturated rings. The molecule has 1 N–H and O–H groups in total. The van der Waals surface area contributed by atoms with E-state index in [0.29, 0.717) is 12.5 Å². The third-order valence-electron chi connectivity index (χ3n) is 2.78. The number of aliphatic imine (C=N–C) groups is 1. The van der Waals surface area contributed by atoms with Crippen molar-refractivity contribution in [3.63, 3.8) is 0 Å². The number of nitrogens with zero attached hydrogens (tertiary/aromatic N) is 1. The van der Waals surface area contributed by atoms with Crippen molar-refractivity contribution in [3.8, 4) is 0 Å². The van der Waals surface area contributed by atoms with Crippen molar-refractivity contribution in [1.29, 1.82) is 0 Å². The van der Waals surface area contributed by atoms with Gasteiger partial charge in [0.2, 0.25) is 0 Å². The minimum absolute atomic E-state index is 0.0998. The average molecular weight is 227 g/mol. The summed E-state index contributed by atoms with van der Waals surface area (Å²) in [6.07, 6.45) is 9.43. The highest BCUT2D eigenvalue weighted by molar-refractivity contribution is 6.03. The molecule has 1 atom stereocenters. The lowest BCUT2D eigenvalue weighted by Crippen LogP contribution is -2.15. The number of hydrogen-bond donors (Lipinski definition) is 1. The number of allylic oxidation sites excluding steroid dienone is 4. The van der Waals surface area contributed by atoms with Gasteiger partial charge in [0.1, 0.15) is 0 Å². The fourth-order valence-corrected chi connectivity index (χ4v) is 1.99. The number of hydrogen-bond acceptors (Lipinski definition) is 2. The smallest absolute Gasteiger partial charge is 0.0627 e. The second kappa shape index (κ2) is 6.16. The number of rotatable bonds is 4. The minimum Gasteiger partial charge on any atom is -0.394 e. The van der Waals surface area contributed by atoms with Crippen LogP contribution in [0.25, 0.3) is 0 Å². The summed E-state index contributed by atoms with van der Waals surface area (Å²) in [5, 5.41) is 8.92. The van der Waals surface area contributed by atoms with Crippen molar-refractivity contribution in [3.05, 3.63) is 60.2 Å². The molecule has 0 aliphatic heterocycles. The van der Waals surface area contributed by atoms with Gasteiger partial charge in [0, 0.05) is 11.6 Å². The Bertz CT molecular complexity index is 431. The van der Waals surface area contributed by atoms with Crippen molar-refractivity contribution < 1.29 is 5.11 Å². The molecule has 1 aliphatic rings. The molecule has 88 valence electrons. The molecule has 0 saturated carbocycles. The maximum absolute atomic E-state index is 8.92. The summed E-state index contributed by atoms with van der Waals surface area (Å²) in [6, 6.07) is 10.2. The molecule has 0 amide bonds. The summed E-state index contributed by atoms with van der Waals surface area (Å²) in [4.78, 5) is 4.52. The topological polar surface area (TPSA) is 32.6 Å². The minimum atomic E-state index is 0.0998. The van der Waals surface area contributed by atoms with E-state index in [2.05, 4.69) is 41.4 Å². The van der Waals surface area contributed by atoms with Crippen molar-refractivity contribution in [2.24, 2.45) is 10.9 Å². The summed E-state index contributed by atoms with van der Waals surface area (Å²) in [5.74, 6) is 0.328. The first kappa shape index (κ1) is 11.8. The lowest BCUT2D eigenvalue weighted by molar-refractivity contribution is 0.306. The Morgan fingerprint density at radius 3 is 2.71 bits per heavy atom. The normalized spacial score (nSPS) is 19.6. The van der Waals surface area contributed by atoms with Gasteiger partial charge in [-0.2, -0.15) is 0 Å². The molecule has 0 aromatic heterocycles. The van der Waals surface area contributed by atoms with Gasteiger partial charge in [0.05, 0.1) is 13.2 Å². The lowest BCUT2D eigenvalue weighted by Gasteiger charge is -2.16. The second-order valence-corrected chi connectivity index (χ2v) is 4.01. The third kappa shape index (κ3) is 3.14. The zero-order chi connectivity index (χ0) is 11.9. The van der Waals surface area contributed by atoms with Gasteiger partial charge in [-0.25, -0.2) is 0 Å². The highest BCUT2D eigenvalue weighted by atomic mass is 16.3. The van der Waals surface area contributed by atoms with Gasteiger partial charge in [0.25, 0.3) is 0 Å². The van der Waals surface area contributed by atoms with Crippen LogP contribution in [0.5, 0.6) is 0 Å². The van der Waals surface area contributed by atoms with E-state index in [-0.39, 0.29) is 6.61 Å². The van der Waals surface area contributed by atoms with Crippen LogP contribution in [-0.2, 0) is 0 Å². The van der Waals surface area contributed by atoms with Crippen LogP contribution in [0.4, 0.5) is 0 Å². The molecule has 0 heterocycles. The predicted molar refractivity (Wildman–Crippen MR) is 71.3 cm³/mol. The maximum atomic E-state index is 8.92. The van der Waals surface area contributed by atoms with E-state index in [0.717, 1.165) is 17.7 Å². The first-order chi connectivity index (χ1) is 8.42. The summed E-state index contributed by atoms with van der Waals surface area (Å²) in [7, 11) is 0. The Morgan fingerprint density at radius 1 is 1.24 bits per heavy atom. The molecule has 1 aromatic carbocycles. The zero-order valence-corrected chi connectivity index (χ0v) is 9.79. The van der Waals surface area contributed by atoms with Crippen molar-refractivity contribution in [2.75, 3.05) is 13.2 Å². The molecule has 1 unspecified atom stereocenters. The summed E-state index contributed by atoms with van der Waals surface area (Å²) >= 11 is 0. The highest BCUT2D eigenvalue weighted by Gasteiger charge is 2.14. The molecule has 0 spiro atoms. The van der Waals surface area contributed by atoms with E-state index in [1.54, 1.807) is 0 Å². The van der Waals surface area contributed by atoms with Crippen LogP contribution in [0.15, 0.2) is 59.6 Å². The van der Waals surface area contributed by atoms with E-state index in [1.165, 1.54) is 0 Å². The highest BCUT2D eigenvalue weighted by Crippen LogP contribution is 2.18. The molecule has 0 radical (unpaired) electrons. The first-order valence-corrected chi connectivity index (χ1v) is 5.96. The van der Waals surface area contributed by atoms with Crippen molar-refractivity contribution >= 4 is 5.71 Å². The monoisotopic (exact) mass is 227 g/mol. The SMILES string of the molecule is OCC/N=C(/c1ccccc1)C1C=CC=CC1. The fraction of sp³-hybridized carbons (Fsp3) is 0.267. The Labute approximate surface area is 102 Å². The van der Waals surface area contributed by atoms with E-state index >= 15 is 0 Å². The fourth-order valence-electron chi connectivity index (χ4n) is 1.99. The lowest BCUT2D eigenvalue weighted by atomic mass is 9.91. The van der Waals surface area contributed by atoms with E-state index in [4.69, 9.17) is 5.11 Å². The Morgan fingerprint density at radius 2 is 2.06 bits per heavy atom. The third-order valence-corrected chi connectivity index (χ3v) is 2.78. The van der Waals surface area contributed by atoms with Crippen LogP contribution in [-0.4, -0.2) is 24.0 Å². The largest absolute Gasteiger partial charge is 0.394 e. The van der Waals surface area contributed by atoms with E-state index in [1.807, 2.05) is 18.2 Å².